The van der Waals surface area contributed by atoms with Gasteiger partial charge in [0, 0.05) is 30.8 Å². The summed E-state index contributed by atoms with van der Waals surface area (Å²) in [4.78, 5) is 11.7. The van der Waals surface area contributed by atoms with E-state index in [2.05, 4.69) is 29.8 Å². The summed E-state index contributed by atoms with van der Waals surface area (Å²) in [7, 11) is 0. The maximum atomic E-state index is 11.7. The molecule has 0 bridgehead atoms. The van der Waals surface area contributed by atoms with Gasteiger partial charge in [0.05, 0.1) is 0 Å². The lowest BCUT2D eigenvalue weighted by molar-refractivity contribution is 0.507. The highest BCUT2D eigenvalue weighted by molar-refractivity contribution is 9.09. The van der Waals surface area contributed by atoms with Crippen LogP contribution in [0.3, 0.4) is 0 Å². The molecule has 0 spiro atoms. The minimum absolute atomic E-state index is 0.111. The number of nitrogens with zero attached hydrogens (tertiary/aromatic N) is 2. The third-order valence-electron chi connectivity index (χ3n) is 2.15. The Morgan fingerprint density at radius 2 is 2.07 bits per heavy atom. The topological polar surface area (TPSA) is 26.9 Å². The predicted octanol–water partition coefficient (Wildman–Crippen LogP) is 2.09. The molecule has 0 saturated heterocycles. The van der Waals surface area contributed by atoms with Crippen molar-refractivity contribution in [2.24, 2.45) is 5.92 Å². The van der Waals surface area contributed by atoms with Gasteiger partial charge in [0.25, 0.3) is 0 Å². The fourth-order valence-corrected chi connectivity index (χ4v) is 1.59. The van der Waals surface area contributed by atoms with Crippen LogP contribution in [-0.2, 0) is 13.1 Å². The van der Waals surface area contributed by atoms with Crippen molar-refractivity contribution in [2.45, 2.75) is 33.4 Å². The van der Waals surface area contributed by atoms with Crippen molar-refractivity contribution < 1.29 is 0 Å². The third-order valence-corrected chi connectivity index (χ3v) is 3.26. The SMILES string of the molecule is CCCn1ccn(CC(C)CBr)c1=O. The number of aromatic nitrogens is 2. The van der Waals surface area contributed by atoms with Crippen molar-refractivity contribution in [3.63, 3.8) is 0 Å². The van der Waals surface area contributed by atoms with Crippen LogP contribution < -0.4 is 5.69 Å². The second kappa shape index (κ2) is 5.39. The summed E-state index contributed by atoms with van der Waals surface area (Å²) in [5, 5.41) is 0.929. The van der Waals surface area contributed by atoms with Crippen LogP contribution in [0.5, 0.6) is 0 Å². The molecule has 0 aromatic carbocycles. The van der Waals surface area contributed by atoms with Crippen LogP contribution in [0.15, 0.2) is 17.2 Å². The molecule has 0 radical (unpaired) electrons. The molecule has 0 N–H and O–H groups in total. The zero-order valence-corrected chi connectivity index (χ0v) is 10.3. The van der Waals surface area contributed by atoms with Crippen LogP contribution in [-0.4, -0.2) is 14.5 Å². The molecule has 0 amide bonds. The van der Waals surface area contributed by atoms with Crippen LogP contribution in [0.4, 0.5) is 0 Å². The van der Waals surface area contributed by atoms with Gasteiger partial charge in [0.15, 0.2) is 0 Å². The van der Waals surface area contributed by atoms with E-state index in [0.29, 0.717) is 5.92 Å². The number of halogens is 1. The molecule has 1 rings (SSSR count). The molecule has 0 fully saturated rings. The van der Waals surface area contributed by atoms with Gasteiger partial charge in [-0.2, -0.15) is 0 Å². The number of rotatable bonds is 5. The summed E-state index contributed by atoms with van der Waals surface area (Å²) in [5.74, 6) is 0.491. The minimum atomic E-state index is 0.111. The van der Waals surface area contributed by atoms with E-state index in [1.807, 2.05) is 12.4 Å². The summed E-state index contributed by atoms with van der Waals surface area (Å²) in [6.07, 6.45) is 4.74. The van der Waals surface area contributed by atoms with E-state index < -0.39 is 0 Å². The summed E-state index contributed by atoms with van der Waals surface area (Å²) in [5.41, 5.74) is 0.111. The molecule has 0 saturated carbocycles. The average Bonchev–Trinajstić information content (AvgIpc) is 2.50. The van der Waals surface area contributed by atoms with Crippen LogP contribution >= 0.6 is 15.9 Å². The first-order valence-electron chi connectivity index (χ1n) is 5.00. The Hall–Kier alpha value is -0.510. The molecule has 1 heterocycles. The maximum absolute atomic E-state index is 11.7. The Kier molecular flexibility index (Phi) is 4.45. The first-order chi connectivity index (χ1) is 6.69. The van der Waals surface area contributed by atoms with Gasteiger partial charge >= 0.3 is 5.69 Å². The smallest absolute Gasteiger partial charge is 0.299 e. The van der Waals surface area contributed by atoms with Crippen molar-refractivity contribution in [3.8, 4) is 0 Å². The van der Waals surface area contributed by atoms with Crippen LogP contribution in [0.2, 0.25) is 0 Å². The lowest BCUT2D eigenvalue weighted by Gasteiger charge is -2.06. The molecule has 14 heavy (non-hydrogen) atoms. The van der Waals surface area contributed by atoms with Gasteiger partial charge in [-0.1, -0.05) is 29.8 Å². The van der Waals surface area contributed by atoms with Gasteiger partial charge < -0.3 is 0 Å². The molecule has 1 aromatic rings. The normalized spacial score (nSPS) is 13.1. The lowest BCUT2D eigenvalue weighted by atomic mass is 10.2. The average molecular weight is 261 g/mol. The predicted molar refractivity (Wildman–Crippen MR) is 61.9 cm³/mol. The van der Waals surface area contributed by atoms with E-state index in [-0.39, 0.29) is 5.69 Å². The number of hydrogen-bond donors (Lipinski definition) is 0. The highest BCUT2D eigenvalue weighted by Gasteiger charge is 2.05. The second-order valence-corrected chi connectivity index (χ2v) is 4.33. The van der Waals surface area contributed by atoms with Crippen molar-refractivity contribution in [1.82, 2.24) is 9.13 Å². The molecule has 0 aliphatic rings. The molecule has 1 aromatic heterocycles. The minimum Gasteiger partial charge on any atom is -0.299 e. The molecule has 0 aliphatic heterocycles. The number of aryl methyl sites for hydroxylation is 1. The van der Waals surface area contributed by atoms with Gasteiger partial charge in [-0.15, -0.1) is 0 Å². The highest BCUT2D eigenvalue weighted by Crippen LogP contribution is 2.02. The Bertz CT molecular complexity index is 329. The maximum Gasteiger partial charge on any atom is 0.328 e. The fraction of sp³-hybridized carbons (Fsp3) is 0.700. The Labute approximate surface area is 92.9 Å². The van der Waals surface area contributed by atoms with Crippen LogP contribution in [0.25, 0.3) is 0 Å². The van der Waals surface area contributed by atoms with E-state index in [0.717, 1.165) is 24.8 Å². The van der Waals surface area contributed by atoms with Crippen molar-refractivity contribution in [1.29, 1.82) is 0 Å². The first kappa shape index (κ1) is 11.6. The molecule has 1 unspecified atom stereocenters. The van der Waals surface area contributed by atoms with Crippen molar-refractivity contribution in [2.75, 3.05) is 5.33 Å². The molecule has 4 heteroatoms. The Balaban J connectivity index is 2.74. The molecule has 80 valence electrons. The summed E-state index contributed by atoms with van der Waals surface area (Å²) < 4.78 is 3.54. The Morgan fingerprint density at radius 3 is 2.64 bits per heavy atom. The van der Waals surface area contributed by atoms with Crippen molar-refractivity contribution in [3.05, 3.63) is 22.9 Å². The largest absolute Gasteiger partial charge is 0.328 e. The monoisotopic (exact) mass is 260 g/mol. The molecule has 0 aliphatic carbocycles. The fourth-order valence-electron chi connectivity index (χ4n) is 1.39. The third kappa shape index (κ3) is 2.74. The first-order valence-corrected chi connectivity index (χ1v) is 6.12. The number of hydrogen-bond acceptors (Lipinski definition) is 1. The summed E-state index contributed by atoms with van der Waals surface area (Å²) in [6.45, 7) is 5.80. The van der Waals surface area contributed by atoms with Crippen molar-refractivity contribution >= 4 is 15.9 Å². The quantitative estimate of drug-likeness (QED) is 0.745. The zero-order valence-electron chi connectivity index (χ0n) is 8.74. The molecule has 1 atom stereocenters. The molecule has 3 nitrogen and oxygen atoms in total. The summed E-state index contributed by atoms with van der Waals surface area (Å²) >= 11 is 3.41. The molecular weight excluding hydrogens is 244 g/mol. The van der Waals surface area contributed by atoms with E-state index in [1.54, 1.807) is 9.13 Å². The van der Waals surface area contributed by atoms with Crippen LogP contribution in [0.1, 0.15) is 20.3 Å². The standard InChI is InChI=1S/C10H17BrN2O/c1-3-4-12-5-6-13(10(12)14)8-9(2)7-11/h5-6,9H,3-4,7-8H2,1-2H3. The van der Waals surface area contributed by atoms with E-state index in [1.165, 1.54) is 0 Å². The highest BCUT2D eigenvalue weighted by atomic mass is 79.9. The van der Waals surface area contributed by atoms with E-state index in [4.69, 9.17) is 0 Å². The van der Waals surface area contributed by atoms with E-state index in [9.17, 15) is 4.79 Å². The Morgan fingerprint density at radius 1 is 1.43 bits per heavy atom. The zero-order chi connectivity index (χ0) is 10.6. The second-order valence-electron chi connectivity index (χ2n) is 3.69. The van der Waals surface area contributed by atoms with Gasteiger partial charge in [0.1, 0.15) is 0 Å². The number of imidazole rings is 1. The summed E-state index contributed by atoms with van der Waals surface area (Å²) in [6, 6.07) is 0. The van der Waals surface area contributed by atoms with Gasteiger partial charge in [0.2, 0.25) is 0 Å². The van der Waals surface area contributed by atoms with E-state index >= 15 is 0 Å². The lowest BCUT2D eigenvalue weighted by Crippen LogP contribution is -2.26. The van der Waals surface area contributed by atoms with Crippen LogP contribution in [0, 0.1) is 5.92 Å². The van der Waals surface area contributed by atoms with Gasteiger partial charge in [-0.3, -0.25) is 9.13 Å². The van der Waals surface area contributed by atoms with Gasteiger partial charge in [-0.05, 0) is 12.3 Å². The number of alkyl halides is 1. The van der Waals surface area contributed by atoms with Gasteiger partial charge in [-0.25, -0.2) is 4.79 Å². The molecular formula is C10H17BrN2O.